The summed E-state index contributed by atoms with van der Waals surface area (Å²) in [4.78, 5) is 34.2. The fourth-order valence-corrected chi connectivity index (χ4v) is 6.33. The molecular formula is C32H59NO6. The van der Waals surface area contributed by atoms with Crippen molar-refractivity contribution >= 4 is 18.2 Å². The maximum atomic E-state index is 12.3. The monoisotopic (exact) mass is 553 g/mol. The fourth-order valence-electron chi connectivity index (χ4n) is 6.33. The Labute approximate surface area is 238 Å². The zero-order chi connectivity index (χ0) is 30.3. The molecule has 0 radical (unpaired) electrons. The van der Waals surface area contributed by atoms with E-state index in [0.717, 1.165) is 12.8 Å². The van der Waals surface area contributed by atoms with Gasteiger partial charge < -0.3 is 24.7 Å². The summed E-state index contributed by atoms with van der Waals surface area (Å²) in [5.74, 6) is 2.57. The van der Waals surface area contributed by atoms with E-state index < -0.39 is 17.2 Å². The Kier molecular flexibility index (Phi) is 13.6. The molecule has 2 saturated heterocycles. The quantitative estimate of drug-likeness (QED) is 0.305. The normalized spacial score (nSPS) is 37.8. The number of nitrogens with one attached hydrogen (secondary N) is 1. The van der Waals surface area contributed by atoms with Crippen molar-refractivity contribution in [3.8, 4) is 0 Å². The highest BCUT2D eigenvalue weighted by atomic mass is 16.5. The third-order valence-electron chi connectivity index (χ3n) is 10.4. The van der Waals surface area contributed by atoms with Crippen LogP contribution < -0.4 is 5.32 Å². The number of aldehydes is 1. The van der Waals surface area contributed by atoms with Crippen LogP contribution >= 0.6 is 0 Å². The molecule has 2 heterocycles. The number of carboxylic acid groups (broad SMARTS) is 1. The third-order valence-corrected chi connectivity index (χ3v) is 10.4. The van der Waals surface area contributed by atoms with E-state index in [1.165, 1.54) is 0 Å². The molecule has 0 aliphatic carbocycles. The first kappa shape index (κ1) is 35.6. The van der Waals surface area contributed by atoms with Crippen LogP contribution in [0.2, 0.25) is 0 Å². The van der Waals surface area contributed by atoms with Gasteiger partial charge in [0.15, 0.2) is 5.60 Å². The first-order chi connectivity index (χ1) is 18.0. The van der Waals surface area contributed by atoms with E-state index in [4.69, 9.17) is 9.47 Å². The molecule has 0 aromatic carbocycles. The lowest BCUT2D eigenvalue weighted by Gasteiger charge is -2.47. The number of rotatable bonds is 10. The molecule has 12 atom stereocenters. The zero-order valence-electron chi connectivity index (χ0n) is 26.9. The molecule has 7 nitrogen and oxygen atoms in total. The molecular weight excluding hydrogens is 494 g/mol. The Bertz CT molecular complexity index is 804. The van der Waals surface area contributed by atoms with Crippen LogP contribution in [0, 0.1) is 47.3 Å². The molecule has 0 bridgehead atoms. The van der Waals surface area contributed by atoms with Crippen molar-refractivity contribution in [2.24, 2.45) is 47.3 Å². The highest BCUT2D eigenvalue weighted by Crippen LogP contribution is 2.42. The number of carboxylic acids is 1. The van der Waals surface area contributed by atoms with Crippen LogP contribution in [-0.4, -0.2) is 53.2 Å². The number of aliphatic carboxylic acids is 1. The van der Waals surface area contributed by atoms with Crippen LogP contribution in [0.1, 0.15) is 109 Å². The summed E-state index contributed by atoms with van der Waals surface area (Å²) >= 11 is 0. The van der Waals surface area contributed by atoms with Crippen molar-refractivity contribution in [3.63, 3.8) is 0 Å². The molecule has 228 valence electrons. The van der Waals surface area contributed by atoms with Crippen molar-refractivity contribution in [3.05, 3.63) is 0 Å². The van der Waals surface area contributed by atoms with Gasteiger partial charge in [0, 0.05) is 0 Å². The van der Waals surface area contributed by atoms with Crippen LogP contribution in [-0.2, 0) is 23.9 Å². The van der Waals surface area contributed by atoms with Gasteiger partial charge in [0.2, 0.25) is 0 Å². The molecule has 2 rings (SSSR count). The highest BCUT2D eigenvalue weighted by Gasteiger charge is 2.48. The maximum absolute atomic E-state index is 12.3. The Balaban J connectivity index is 0.000000395. The predicted octanol–water partition coefficient (Wildman–Crippen LogP) is 6.38. The minimum Gasteiger partial charge on any atom is -0.479 e. The van der Waals surface area contributed by atoms with Gasteiger partial charge in [-0.25, -0.2) is 4.79 Å². The molecule has 2 aliphatic rings. The van der Waals surface area contributed by atoms with Gasteiger partial charge in [0.1, 0.15) is 11.9 Å². The molecule has 2 N–H and O–H groups in total. The second kappa shape index (κ2) is 15.0. The number of carbonyl (C=O) groups is 3. The second-order valence-corrected chi connectivity index (χ2v) is 13.4. The summed E-state index contributed by atoms with van der Waals surface area (Å²) in [5.41, 5.74) is -1.85. The molecule has 8 unspecified atom stereocenters. The summed E-state index contributed by atoms with van der Waals surface area (Å²) in [6, 6.07) is 0. The third kappa shape index (κ3) is 8.76. The van der Waals surface area contributed by atoms with Crippen molar-refractivity contribution in [1.29, 1.82) is 0 Å². The zero-order valence-corrected chi connectivity index (χ0v) is 26.9. The molecule has 2 fully saturated rings. The van der Waals surface area contributed by atoms with Crippen molar-refractivity contribution in [2.45, 2.75) is 132 Å². The molecule has 0 spiro atoms. The van der Waals surface area contributed by atoms with Crippen LogP contribution in [0.5, 0.6) is 0 Å². The van der Waals surface area contributed by atoms with E-state index in [-0.39, 0.29) is 24.7 Å². The van der Waals surface area contributed by atoms with E-state index in [1.807, 2.05) is 6.92 Å². The summed E-state index contributed by atoms with van der Waals surface area (Å²) < 4.78 is 12.3. The van der Waals surface area contributed by atoms with Crippen LogP contribution in [0.15, 0.2) is 0 Å². The molecule has 39 heavy (non-hydrogen) atoms. The van der Waals surface area contributed by atoms with Crippen molar-refractivity contribution in [1.82, 2.24) is 5.32 Å². The topological polar surface area (TPSA) is 102 Å². The number of hydrogen-bond acceptors (Lipinski definition) is 5. The van der Waals surface area contributed by atoms with Gasteiger partial charge in [0.05, 0.1) is 18.8 Å². The van der Waals surface area contributed by atoms with E-state index >= 15 is 0 Å². The first-order valence-corrected chi connectivity index (χ1v) is 15.3. The Morgan fingerprint density at radius 3 is 1.59 bits per heavy atom. The average Bonchev–Trinajstić information content (AvgIpc) is 2.89. The van der Waals surface area contributed by atoms with Crippen molar-refractivity contribution < 1.29 is 29.0 Å². The van der Waals surface area contributed by atoms with Gasteiger partial charge in [-0.15, -0.1) is 0 Å². The maximum Gasteiger partial charge on any atom is 0.335 e. The SMILES string of the molecule is CC[C@@H](C)[C@@H](C)C1OC(C)(C(=O)NCC=O)CC(C)C1C.CC[C@@H](C)[C@@H](C)C1OC(C)(C(=O)O)CC(C)C1C. The largest absolute Gasteiger partial charge is 0.479 e. The molecule has 7 heteroatoms. The fraction of sp³-hybridized carbons (Fsp3) is 0.906. The smallest absolute Gasteiger partial charge is 0.335 e. The van der Waals surface area contributed by atoms with Gasteiger partial charge in [-0.2, -0.15) is 0 Å². The summed E-state index contributed by atoms with van der Waals surface area (Å²) in [7, 11) is 0. The molecule has 0 aromatic rings. The minimum atomic E-state index is -1.02. The lowest BCUT2D eigenvalue weighted by Crippen LogP contribution is -2.56. The van der Waals surface area contributed by atoms with Gasteiger partial charge in [-0.05, 0) is 74.0 Å². The number of amides is 1. The van der Waals surface area contributed by atoms with Crippen LogP contribution in [0.3, 0.4) is 0 Å². The summed E-state index contributed by atoms with van der Waals surface area (Å²) in [6.45, 7) is 25.6. The highest BCUT2D eigenvalue weighted by molar-refractivity contribution is 5.86. The minimum absolute atomic E-state index is 0.0461. The number of carbonyl (C=O) groups excluding carboxylic acids is 2. The average molecular weight is 554 g/mol. The Morgan fingerprint density at radius 2 is 1.23 bits per heavy atom. The van der Waals surface area contributed by atoms with Crippen molar-refractivity contribution in [2.75, 3.05) is 6.54 Å². The standard InChI is InChI=1S/C17H31NO3.C15H28O3/c1-7-11(2)13(4)15-14(5)12(3)10-17(6,21-15)16(20)18-8-9-19;1-7-9(2)11(4)13-12(5)10(3)8-15(6,18-13)14(16)17/h9,11-15H,7-8,10H2,1-6H3,(H,18,20);9-13H,7-8H2,1-6H3,(H,16,17)/t11-,12?,13-,14?,15?,17?;9-,10?,11-,12?,13?,15?/m11/s1. The van der Waals surface area contributed by atoms with E-state index in [0.29, 0.717) is 66.5 Å². The number of ether oxygens (including phenoxy) is 2. The van der Waals surface area contributed by atoms with Crippen LogP contribution in [0.25, 0.3) is 0 Å². The second-order valence-electron chi connectivity index (χ2n) is 13.4. The predicted molar refractivity (Wildman–Crippen MR) is 156 cm³/mol. The summed E-state index contributed by atoms with van der Waals surface area (Å²) in [5, 5.41) is 12.0. The van der Waals surface area contributed by atoms with Gasteiger partial charge in [-0.3, -0.25) is 4.79 Å². The Hall–Kier alpha value is -1.47. The molecule has 2 aliphatic heterocycles. The van der Waals surface area contributed by atoms with Gasteiger partial charge in [-0.1, -0.05) is 82.1 Å². The van der Waals surface area contributed by atoms with Crippen LogP contribution in [0.4, 0.5) is 0 Å². The van der Waals surface area contributed by atoms with E-state index in [2.05, 4.69) is 74.6 Å². The number of hydrogen-bond donors (Lipinski definition) is 2. The first-order valence-electron chi connectivity index (χ1n) is 15.3. The molecule has 1 amide bonds. The lowest BCUT2D eigenvalue weighted by molar-refractivity contribution is -0.205. The molecule has 0 aromatic heterocycles. The van der Waals surface area contributed by atoms with E-state index in [1.54, 1.807) is 6.92 Å². The molecule has 0 saturated carbocycles. The van der Waals surface area contributed by atoms with E-state index in [9.17, 15) is 19.5 Å². The van der Waals surface area contributed by atoms with Gasteiger partial charge in [0.25, 0.3) is 5.91 Å². The lowest BCUT2D eigenvalue weighted by atomic mass is 9.72. The Morgan fingerprint density at radius 1 is 0.846 bits per heavy atom. The summed E-state index contributed by atoms with van der Waals surface area (Å²) in [6.07, 6.45) is 4.34. The van der Waals surface area contributed by atoms with Gasteiger partial charge >= 0.3 is 5.97 Å².